The Labute approximate surface area is 191 Å². The van der Waals surface area contributed by atoms with Gasteiger partial charge in [-0.15, -0.1) is 0 Å². The Morgan fingerprint density at radius 2 is 1.62 bits per heavy atom. The third kappa shape index (κ3) is 10.0. The molecule has 0 aliphatic heterocycles. The van der Waals surface area contributed by atoms with Gasteiger partial charge in [-0.25, -0.2) is 4.79 Å². The van der Waals surface area contributed by atoms with Crippen molar-refractivity contribution in [2.24, 2.45) is 0 Å². The molecular weight excluding hydrogens is 404 g/mol. The normalized spacial score (nSPS) is 15.8. The lowest BCUT2D eigenvalue weighted by atomic mass is 9.90. The highest BCUT2D eigenvalue weighted by molar-refractivity contribution is 6.20. The van der Waals surface area contributed by atoms with Gasteiger partial charge in [0.05, 0.1) is 6.10 Å². The fourth-order valence-electron chi connectivity index (χ4n) is 3.37. The van der Waals surface area contributed by atoms with Crippen molar-refractivity contribution in [2.75, 3.05) is 0 Å². The van der Waals surface area contributed by atoms with E-state index in [1.807, 2.05) is 26.8 Å². The molecular formula is C27H36O5. The van der Waals surface area contributed by atoms with Gasteiger partial charge >= 0.3 is 5.97 Å². The SMILES string of the molecule is C=C(CC/C=C(\C)CC/C=C(/CCC=C(C)C)C(=O)O)C(O)CC1=CC(=O)C=C(C)C1=O. The minimum atomic E-state index is -0.875. The number of carboxylic acids is 1. The Bertz CT molecular complexity index is 889. The van der Waals surface area contributed by atoms with Crippen LogP contribution in [0.15, 0.2) is 70.4 Å². The number of aliphatic hydroxyl groups is 1. The summed E-state index contributed by atoms with van der Waals surface area (Å²) in [4.78, 5) is 35.1. The van der Waals surface area contributed by atoms with Crippen molar-refractivity contribution < 1.29 is 24.6 Å². The molecule has 0 aromatic carbocycles. The average Bonchev–Trinajstić information content (AvgIpc) is 2.69. The van der Waals surface area contributed by atoms with Crippen LogP contribution < -0.4 is 0 Å². The van der Waals surface area contributed by atoms with E-state index in [1.165, 1.54) is 17.7 Å². The summed E-state index contributed by atoms with van der Waals surface area (Å²) in [5.74, 6) is -1.30. The Balaban J connectivity index is 2.48. The van der Waals surface area contributed by atoms with Crippen LogP contribution in [-0.4, -0.2) is 33.9 Å². The zero-order chi connectivity index (χ0) is 24.3. The smallest absolute Gasteiger partial charge is 0.331 e. The maximum absolute atomic E-state index is 12.1. The minimum Gasteiger partial charge on any atom is -0.478 e. The molecule has 1 aliphatic rings. The van der Waals surface area contributed by atoms with Gasteiger partial charge in [-0.2, -0.15) is 0 Å². The molecule has 0 saturated carbocycles. The van der Waals surface area contributed by atoms with E-state index < -0.39 is 12.1 Å². The zero-order valence-corrected chi connectivity index (χ0v) is 19.7. The number of allylic oxidation sites excluding steroid dienone is 8. The Morgan fingerprint density at radius 3 is 2.25 bits per heavy atom. The van der Waals surface area contributed by atoms with Gasteiger partial charge in [-0.3, -0.25) is 9.59 Å². The van der Waals surface area contributed by atoms with E-state index in [4.69, 9.17) is 0 Å². The summed E-state index contributed by atoms with van der Waals surface area (Å²) in [6.45, 7) is 11.5. The van der Waals surface area contributed by atoms with Crippen LogP contribution in [0.2, 0.25) is 0 Å². The van der Waals surface area contributed by atoms with Crippen molar-refractivity contribution in [1.82, 2.24) is 0 Å². The minimum absolute atomic E-state index is 0.0901. The standard InChI is InChI=1S/C27H36O5/c1-18(2)9-6-13-22(27(31)32)14-8-11-19(3)10-7-12-20(4)25(29)17-23-16-24(28)15-21(5)26(23)30/h9-10,14-16,25,29H,4,6-8,11-13,17H2,1-3,5H3,(H,31,32)/b19-10+,22-14-. The van der Waals surface area contributed by atoms with E-state index in [-0.39, 0.29) is 18.0 Å². The Kier molecular flexibility index (Phi) is 11.6. The fourth-order valence-corrected chi connectivity index (χ4v) is 3.37. The molecule has 2 N–H and O–H groups in total. The van der Waals surface area contributed by atoms with Gasteiger partial charge in [0, 0.05) is 23.1 Å². The van der Waals surface area contributed by atoms with Gasteiger partial charge in [0.1, 0.15) is 0 Å². The highest BCUT2D eigenvalue weighted by Gasteiger charge is 2.22. The van der Waals surface area contributed by atoms with Crippen LogP contribution in [0.5, 0.6) is 0 Å². The summed E-state index contributed by atoms with van der Waals surface area (Å²) < 4.78 is 0. The van der Waals surface area contributed by atoms with Crippen LogP contribution in [0.4, 0.5) is 0 Å². The van der Waals surface area contributed by atoms with E-state index in [0.29, 0.717) is 48.0 Å². The van der Waals surface area contributed by atoms with E-state index >= 15 is 0 Å². The summed E-state index contributed by atoms with van der Waals surface area (Å²) in [7, 11) is 0. The highest BCUT2D eigenvalue weighted by atomic mass is 16.4. The van der Waals surface area contributed by atoms with Gasteiger partial charge in [0.15, 0.2) is 11.6 Å². The number of hydrogen-bond acceptors (Lipinski definition) is 4. The first-order chi connectivity index (χ1) is 15.0. The van der Waals surface area contributed by atoms with Crippen molar-refractivity contribution >= 4 is 17.5 Å². The quantitative estimate of drug-likeness (QED) is 0.221. The van der Waals surface area contributed by atoms with Gasteiger partial charge in [-0.1, -0.05) is 36.0 Å². The number of aliphatic hydroxyl groups excluding tert-OH is 1. The molecule has 0 radical (unpaired) electrons. The van der Waals surface area contributed by atoms with Crippen LogP contribution in [0, 0.1) is 0 Å². The topological polar surface area (TPSA) is 91.7 Å². The molecule has 1 atom stereocenters. The van der Waals surface area contributed by atoms with Gasteiger partial charge in [-0.05, 0) is 83.9 Å². The van der Waals surface area contributed by atoms with Crippen LogP contribution in [0.1, 0.15) is 72.6 Å². The first-order valence-electron chi connectivity index (χ1n) is 11.1. The maximum atomic E-state index is 12.1. The maximum Gasteiger partial charge on any atom is 0.331 e. The number of rotatable bonds is 13. The predicted octanol–water partition coefficient (Wildman–Crippen LogP) is 5.58. The second-order valence-electron chi connectivity index (χ2n) is 8.59. The van der Waals surface area contributed by atoms with Gasteiger partial charge in [0.25, 0.3) is 0 Å². The highest BCUT2D eigenvalue weighted by Crippen LogP contribution is 2.22. The fraction of sp³-hybridized carbons (Fsp3) is 0.444. The lowest BCUT2D eigenvalue weighted by Crippen LogP contribution is -2.19. The van der Waals surface area contributed by atoms with Crippen LogP contribution in [0.25, 0.3) is 0 Å². The molecule has 174 valence electrons. The number of carboxylic acid groups (broad SMARTS) is 1. The summed E-state index contributed by atoms with van der Waals surface area (Å²) >= 11 is 0. The Morgan fingerprint density at radius 1 is 1.00 bits per heavy atom. The molecule has 5 nitrogen and oxygen atoms in total. The first kappa shape index (κ1) is 27.2. The van der Waals surface area contributed by atoms with E-state index in [0.717, 1.165) is 18.4 Å². The molecule has 0 bridgehead atoms. The predicted molar refractivity (Wildman–Crippen MR) is 128 cm³/mol. The number of ketones is 2. The summed E-state index contributed by atoms with van der Waals surface area (Å²) in [5.41, 5.74) is 4.11. The molecule has 0 heterocycles. The summed E-state index contributed by atoms with van der Waals surface area (Å²) in [6, 6.07) is 0. The molecule has 0 aromatic heterocycles. The lowest BCUT2D eigenvalue weighted by Gasteiger charge is -2.17. The summed E-state index contributed by atoms with van der Waals surface area (Å²) in [6.07, 6.45) is 11.7. The Hall–Kier alpha value is -2.79. The van der Waals surface area contributed by atoms with Crippen molar-refractivity contribution in [3.05, 3.63) is 70.4 Å². The van der Waals surface area contributed by atoms with Crippen molar-refractivity contribution in [2.45, 2.75) is 78.7 Å². The molecule has 1 unspecified atom stereocenters. The molecule has 32 heavy (non-hydrogen) atoms. The summed E-state index contributed by atoms with van der Waals surface area (Å²) in [5, 5.41) is 19.7. The number of aliphatic carboxylic acids is 1. The average molecular weight is 441 g/mol. The molecule has 0 spiro atoms. The second-order valence-corrected chi connectivity index (χ2v) is 8.59. The van der Waals surface area contributed by atoms with E-state index in [2.05, 4.69) is 12.7 Å². The number of hydrogen-bond donors (Lipinski definition) is 2. The third-order valence-electron chi connectivity index (χ3n) is 5.34. The number of Topliss-reactive ketones (excluding diaryl/α,β-unsaturated/α-hetero) is 1. The van der Waals surface area contributed by atoms with Gasteiger partial charge in [0.2, 0.25) is 0 Å². The molecule has 0 aromatic rings. The number of carbonyl (C=O) groups excluding carboxylic acids is 2. The molecule has 0 fully saturated rings. The van der Waals surface area contributed by atoms with E-state index in [1.54, 1.807) is 13.0 Å². The van der Waals surface area contributed by atoms with Gasteiger partial charge < -0.3 is 10.2 Å². The largest absolute Gasteiger partial charge is 0.478 e. The van der Waals surface area contributed by atoms with Crippen LogP contribution in [0.3, 0.4) is 0 Å². The first-order valence-corrected chi connectivity index (χ1v) is 11.1. The zero-order valence-electron chi connectivity index (χ0n) is 19.7. The van der Waals surface area contributed by atoms with Crippen molar-refractivity contribution in [3.63, 3.8) is 0 Å². The van der Waals surface area contributed by atoms with Crippen molar-refractivity contribution in [3.8, 4) is 0 Å². The van der Waals surface area contributed by atoms with E-state index in [9.17, 15) is 24.6 Å². The van der Waals surface area contributed by atoms with Crippen molar-refractivity contribution in [1.29, 1.82) is 0 Å². The second kappa shape index (κ2) is 13.6. The molecule has 0 saturated heterocycles. The third-order valence-corrected chi connectivity index (χ3v) is 5.34. The number of carbonyl (C=O) groups is 3. The van der Waals surface area contributed by atoms with Crippen LogP contribution >= 0.6 is 0 Å². The molecule has 0 amide bonds. The monoisotopic (exact) mass is 440 g/mol. The lowest BCUT2D eigenvalue weighted by molar-refractivity contribution is -0.132. The molecule has 1 aliphatic carbocycles. The molecule has 5 heteroatoms. The van der Waals surface area contributed by atoms with Crippen LogP contribution in [-0.2, 0) is 14.4 Å². The molecule has 1 rings (SSSR count).